The normalized spacial score (nSPS) is 30.4. The number of hydrogen-bond donors (Lipinski definition) is 1. The fraction of sp³-hybridized carbons (Fsp3) is 0.700. The molecule has 1 aromatic rings. The van der Waals surface area contributed by atoms with Crippen molar-refractivity contribution in [3.05, 3.63) is 52.8 Å². The first kappa shape index (κ1) is 39.6. The van der Waals surface area contributed by atoms with E-state index >= 15 is 4.79 Å². The number of likely N-dealkylation sites (tertiary alicyclic amines) is 2. The molecule has 3 heterocycles. The van der Waals surface area contributed by atoms with Crippen molar-refractivity contribution in [1.82, 2.24) is 9.80 Å². The minimum Gasteiger partial charge on any atom is -0.501 e. The molecule has 3 aliphatic heterocycles. The number of anilines is 1. The first-order valence-electron chi connectivity index (χ1n) is 19.3. The third-order valence-corrected chi connectivity index (χ3v) is 12.6. The van der Waals surface area contributed by atoms with Crippen LogP contribution in [-0.4, -0.2) is 118 Å². The molecule has 0 radical (unpaired) electrons. The van der Waals surface area contributed by atoms with Gasteiger partial charge in [-0.3, -0.25) is 14.5 Å². The van der Waals surface area contributed by atoms with Gasteiger partial charge < -0.3 is 33.9 Å². The van der Waals surface area contributed by atoms with Gasteiger partial charge in [-0.25, -0.2) is 0 Å². The molecule has 6 rings (SSSR count). The van der Waals surface area contributed by atoms with E-state index in [-0.39, 0.29) is 36.5 Å². The van der Waals surface area contributed by atoms with E-state index in [4.69, 9.17) is 18.9 Å². The Bertz CT molecular complexity index is 1520. The predicted molar refractivity (Wildman–Crippen MR) is 194 cm³/mol. The zero-order chi connectivity index (χ0) is 37.9. The van der Waals surface area contributed by atoms with Crippen LogP contribution in [0.3, 0.4) is 0 Å². The number of amides is 1. The van der Waals surface area contributed by atoms with Gasteiger partial charge in [-0.1, -0.05) is 17.7 Å². The summed E-state index contributed by atoms with van der Waals surface area (Å²) in [5, 5.41) is 9.56. The van der Waals surface area contributed by atoms with Crippen LogP contribution in [0.1, 0.15) is 81.8 Å². The molecular formula is C40H56F3N3O7. The van der Waals surface area contributed by atoms with Crippen LogP contribution in [-0.2, 0) is 34.7 Å². The van der Waals surface area contributed by atoms with Gasteiger partial charge >= 0.3 is 12.1 Å². The smallest absolute Gasteiger partial charge is 0.416 e. The molecule has 53 heavy (non-hydrogen) atoms. The number of benzene rings is 1. The van der Waals surface area contributed by atoms with Gasteiger partial charge in [-0.15, -0.1) is 0 Å². The van der Waals surface area contributed by atoms with Gasteiger partial charge in [-0.05, 0) is 82.1 Å². The summed E-state index contributed by atoms with van der Waals surface area (Å²) in [6.07, 6.45) is 6.44. The standard InChI is InChI=1S/C40H56F3N3O7/c1-5-53-33-13-9-30(10-14-33)45-23-35(26-6-11-32(51-3)12-7-26)39(25-45,52-4)38(49)46-22-28(20-31(46)24-50-2)34-15-8-29(40(41,42)43)21-36(34)44-18-16-27(17-19-44)37(47)48/h6,8,11,15,21,27-28,30-31,33,35H,5,7,9-10,12-14,16-20,22-25H2,1-4H3,(H,47,48)/t28-,30?,31+,33?,35+,39+/m0/s1. The molecule has 0 unspecified atom stereocenters. The monoisotopic (exact) mass is 747 g/mol. The van der Waals surface area contributed by atoms with Crippen LogP contribution in [0.2, 0.25) is 0 Å². The molecule has 294 valence electrons. The Kier molecular flexibility index (Phi) is 12.5. The molecule has 1 amide bonds. The quantitative estimate of drug-likeness (QED) is 0.266. The van der Waals surface area contributed by atoms with Gasteiger partial charge in [0, 0.05) is 83.5 Å². The number of allylic oxidation sites excluding steroid dienone is 3. The zero-order valence-electron chi connectivity index (χ0n) is 31.5. The summed E-state index contributed by atoms with van der Waals surface area (Å²) >= 11 is 0. The number of piperidine rings is 1. The molecule has 0 spiro atoms. The Morgan fingerprint density at radius 2 is 1.72 bits per heavy atom. The van der Waals surface area contributed by atoms with Crippen LogP contribution in [0.25, 0.3) is 0 Å². The Morgan fingerprint density at radius 3 is 2.30 bits per heavy atom. The molecule has 10 nitrogen and oxygen atoms in total. The summed E-state index contributed by atoms with van der Waals surface area (Å²) in [5.74, 6) is -1.07. The second-order valence-electron chi connectivity index (χ2n) is 15.4. The van der Waals surface area contributed by atoms with E-state index in [0.29, 0.717) is 70.3 Å². The minimum atomic E-state index is -4.54. The number of carbonyl (C=O) groups is 2. The summed E-state index contributed by atoms with van der Waals surface area (Å²) in [5.41, 5.74) is 0.438. The number of rotatable bonds is 12. The van der Waals surface area contributed by atoms with Gasteiger partial charge in [0.05, 0.1) is 43.1 Å². The van der Waals surface area contributed by atoms with E-state index in [0.717, 1.165) is 61.5 Å². The summed E-state index contributed by atoms with van der Waals surface area (Å²) in [7, 11) is 4.90. The molecule has 2 aliphatic carbocycles. The molecule has 1 saturated carbocycles. The average Bonchev–Trinajstić information content (AvgIpc) is 3.77. The molecule has 1 N–H and O–H groups in total. The van der Waals surface area contributed by atoms with Gasteiger partial charge in [0.2, 0.25) is 0 Å². The highest BCUT2D eigenvalue weighted by atomic mass is 19.4. The molecular weight excluding hydrogens is 691 g/mol. The van der Waals surface area contributed by atoms with Crippen molar-refractivity contribution >= 4 is 17.6 Å². The van der Waals surface area contributed by atoms with Crippen LogP contribution in [0.4, 0.5) is 18.9 Å². The molecule has 0 aromatic heterocycles. The molecule has 5 aliphatic rings. The van der Waals surface area contributed by atoms with Crippen LogP contribution in [0.5, 0.6) is 0 Å². The largest absolute Gasteiger partial charge is 0.501 e. The molecule has 3 saturated heterocycles. The predicted octanol–water partition coefficient (Wildman–Crippen LogP) is 6.25. The van der Waals surface area contributed by atoms with E-state index in [1.165, 1.54) is 6.07 Å². The van der Waals surface area contributed by atoms with Gasteiger partial charge in [-0.2, -0.15) is 13.2 Å². The number of carboxylic acids is 1. The average molecular weight is 748 g/mol. The number of hydrogen-bond acceptors (Lipinski definition) is 8. The van der Waals surface area contributed by atoms with Gasteiger partial charge in [0.15, 0.2) is 5.60 Å². The lowest BCUT2D eigenvalue weighted by Gasteiger charge is -2.39. The van der Waals surface area contributed by atoms with Crippen molar-refractivity contribution < 1.29 is 46.8 Å². The molecule has 4 atom stereocenters. The van der Waals surface area contributed by atoms with E-state index in [2.05, 4.69) is 11.0 Å². The fourth-order valence-corrected chi connectivity index (χ4v) is 9.66. The Morgan fingerprint density at radius 1 is 0.981 bits per heavy atom. The third-order valence-electron chi connectivity index (χ3n) is 12.6. The van der Waals surface area contributed by atoms with Crippen LogP contribution < -0.4 is 4.90 Å². The number of halogens is 3. The van der Waals surface area contributed by atoms with Gasteiger partial charge in [0.25, 0.3) is 5.91 Å². The van der Waals surface area contributed by atoms with E-state index in [1.54, 1.807) is 27.4 Å². The maximum Gasteiger partial charge on any atom is 0.416 e. The SMILES string of the molecule is CCOC1CCC(N2C[C@H](C3=CC=C(OC)CC3)[C@@](OC)(C(=O)N3C[C@@H](c4ccc(C(F)(F)F)cc4N4CCC(C(=O)O)CC4)C[C@@H]3COC)C2)CC1. The molecule has 0 bridgehead atoms. The van der Waals surface area contributed by atoms with Crippen LogP contribution in [0, 0.1) is 11.8 Å². The van der Waals surface area contributed by atoms with Crippen molar-refractivity contribution in [1.29, 1.82) is 0 Å². The van der Waals surface area contributed by atoms with Crippen LogP contribution in [0.15, 0.2) is 41.7 Å². The van der Waals surface area contributed by atoms with E-state index < -0.39 is 29.2 Å². The van der Waals surface area contributed by atoms with Crippen molar-refractivity contribution in [2.45, 2.75) is 101 Å². The minimum absolute atomic E-state index is 0.113. The topological polar surface area (TPSA) is 101 Å². The second-order valence-corrected chi connectivity index (χ2v) is 15.4. The van der Waals surface area contributed by atoms with Gasteiger partial charge in [0.1, 0.15) is 0 Å². The maximum absolute atomic E-state index is 15.3. The Labute approximate surface area is 311 Å². The Hall–Kier alpha value is -3.13. The maximum atomic E-state index is 15.3. The van der Waals surface area contributed by atoms with Crippen molar-refractivity contribution in [3.63, 3.8) is 0 Å². The summed E-state index contributed by atoms with van der Waals surface area (Å²) in [6, 6.07) is 3.87. The summed E-state index contributed by atoms with van der Waals surface area (Å²) in [4.78, 5) is 33.2. The van der Waals surface area contributed by atoms with E-state index in [1.807, 2.05) is 22.8 Å². The number of ether oxygens (including phenoxy) is 4. The summed E-state index contributed by atoms with van der Waals surface area (Å²) < 4.78 is 65.7. The lowest BCUT2D eigenvalue weighted by atomic mass is 9.79. The highest BCUT2D eigenvalue weighted by Gasteiger charge is 2.58. The number of methoxy groups -OCH3 is 3. The fourth-order valence-electron chi connectivity index (χ4n) is 9.66. The second kappa shape index (κ2) is 16.7. The third kappa shape index (κ3) is 8.28. The first-order valence-corrected chi connectivity index (χ1v) is 19.3. The Balaban J connectivity index is 1.31. The molecule has 13 heteroatoms. The highest BCUT2D eigenvalue weighted by Crippen LogP contribution is 2.47. The van der Waals surface area contributed by atoms with Crippen molar-refractivity contribution in [2.24, 2.45) is 11.8 Å². The van der Waals surface area contributed by atoms with E-state index in [9.17, 15) is 23.1 Å². The van der Waals surface area contributed by atoms with Crippen molar-refractivity contribution in [2.75, 3.05) is 72.2 Å². The highest BCUT2D eigenvalue weighted by molar-refractivity contribution is 5.88. The molecule has 4 fully saturated rings. The number of nitrogens with zero attached hydrogens (tertiary/aromatic N) is 3. The first-order chi connectivity index (χ1) is 25.4. The lowest BCUT2D eigenvalue weighted by Crippen LogP contribution is -2.58. The molecule has 1 aromatic carbocycles. The number of carbonyl (C=O) groups excluding carboxylic acids is 1. The number of carboxylic acid groups (broad SMARTS) is 1. The summed E-state index contributed by atoms with van der Waals surface area (Å²) in [6.45, 7) is 5.12. The zero-order valence-corrected chi connectivity index (χ0v) is 31.5. The lowest BCUT2D eigenvalue weighted by molar-refractivity contribution is -0.159. The number of alkyl halides is 3. The number of aliphatic carboxylic acids is 1. The van der Waals surface area contributed by atoms with Crippen LogP contribution >= 0.6 is 0 Å². The van der Waals surface area contributed by atoms with Crippen molar-refractivity contribution in [3.8, 4) is 0 Å².